The number of carbonyl (C=O) groups is 2. The molecule has 0 atom stereocenters. The first-order valence-corrected chi connectivity index (χ1v) is 7.30. The van der Waals surface area contributed by atoms with Gasteiger partial charge in [-0.2, -0.15) is 5.10 Å². The van der Waals surface area contributed by atoms with E-state index in [1.54, 1.807) is 18.3 Å². The molecule has 0 saturated heterocycles. The Bertz CT molecular complexity index is 664. The molecule has 0 fully saturated rings. The third kappa shape index (κ3) is 3.94. The topological polar surface area (TPSA) is 84.2 Å². The van der Waals surface area contributed by atoms with Crippen LogP contribution >= 0.6 is 0 Å². The van der Waals surface area contributed by atoms with Crippen LogP contribution in [0.1, 0.15) is 43.1 Å². The number of hydrogen-bond donors (Lipinski definition) is 2. The van der Waals surface area contributed by atoms with Gasteiger partial charge in [-0.25, -0.2) is 9.48 Å². The molecular formula is C16H19N3O3. The van der Waals surface area contributed by atoms with Crippen molar-refractivity contribution < 1.29 is 14.7 Å². The zero-order valence-corrected chi connectivity index (χ0v) is 12.5. The lowest BCUT2D eigenvalue weighted by Gasteiger charge is -2.11. The lowest BCUT2D eigenvalue weighted by Crippen LogP contribution is -2.13. The minimum absolute atomic E-state index is 0.0379. The van der Waals surface area contributed by atoms with Crippen molar-refractivity contribution in [3.8, 4) is 5.69 Å². The van der Waals surface area contributed by atoms with Crippen LogP contribution in [0.3, 0.4) is 0 Å². The summed E-state index contributed by atoms with van der Waals surface area (Å²) >= 11 is 0. The number of anilines is 1. The highest BCUT2D eigenvalue weighted by Gasteiger charge is 2.11. The maximum absolute atomic E-state index is 11.9. The highest BCUT2D eigenvalue weighted by Crippen LogP contribution is 2.20. The maximum Gasteiger partial charge on any atom is 0.356 e. The molecule has 0 spiro atoms. The summed E-state index contributed by atoms with van der Waals surface area (Å²) in [7, 11) is 0. The van der Waals surface area contributed by atoms with Gasteiger partial charge in [0.25, 0.3) is 0 Å². The summed E-state index contributed by atoms with van der Waals surface area (Å²) < 4.78 is 1.45. The minimum Gasteiger partial charge on any atom is -0.476 e. The summed E-state index contributed by atoms with van der Waals surface area (Å²) in [4.78, 5) is 22.9. The van der Waals surface area contributed by atoms with Gasteiger partial charge in [0.15, 0.2) is 5.69 Å². The van der Waals surface area contributed by atoms with Gasteiger partial charge in [-0.1, -0.05) is 31.9 Å². The summed E-state index contributed by atoms with van der Waals surface area (Å²) in [6, 6.07) is 8.59. The summed E-state index contributed by atoms with van der Waals surface area (Å²) in [5.41, 5.74) is 1.21. The number of carbonyl (C=O) groups excluding carboxylic acids is 1. The van der Waals surface area contributed by atoms with Crippen molar-refractivity contribution in [2.24, 2.45) is 0 Å². The Balaban J connectivity index is 2.15. The van der Waals surface area contributed by atoms with Gasteiger partial charge >= 0.3 is 5.97 Å². The van der Waals surface area contributed by atoms with E-state index in [1.165, 1.54) is 10.7 Å². The Morgan fingerprint density at radius 3 is 2.68 bits per heavy atom. The van der Waals surface area contributed by atoms with E-state index < -0.39 is 5.97 Å². The number of rotatable bonds is 7. The molecule has 0 unspecified atom stereocenters. The molecule has 0 bridgehead atoms. The van der Waals surface area contributed by atoms with Crippen LogP contribution in [-0.2, 0) is 4.79 Å². The number of benzene rings is 1. The molecule has 0 aliphatic rings. The first kappa shape index (κ1) is 15.8. The average molecular weight is 301 g/mol. The number of carboxylic acids is 1. The highest BCUT2D eigenvalue weighted by atomic mass is 16.4. The summed E-state index contributed by atoms with van der Waals surface area (Å²) in [5.74, 6) is -1.13. The van der Waals surface area contributed by atoms with Gasteiger partial charge in [-0.05, 0) is 24.6 Å². The summed E-state index contributed by atoms with van der Waals surface area (Å²) in [5, 5.41) is 15.8. The monoisotopic (exact) mass is 301 g/mol. The number of nitrogens with zero attached hydrogens (tertiary/aromatic N) is 2. The van der Waals surface area contributed by atoms with Gasteiger partial charge in [-0.15, -0.1) is 0 Å². The highest BCUT2D eigenvalue weighted by molar-refractivity contribution is 5.92. The van der Waals surface area contributed by atoms with E-state index in [1.807, 2.05) is 12.1 Å². The van der Waals surface area contributed by atoms with Crippen molar-refractivity contribution in [1.82, 2.24) is 9.78 Å². The Labute approximate surface area is 128 Å². The number of para-hydroxylation sites is 2. The molecule has 6 heteroatoms. The van der Waals surface area contributed by atoms with Crippen molar-refractivity contribution in [2.45, 2.75) is 32.6 Å². The predicted molar refractivity (Wildman–Crippen MR) is 83.3 cm³/mol. The smallest absolute Gasteiger partial charge is 0.356 e. The van der Waals surface area contributed by atoms with Crippen LogP contribution in [0, 0.1) is 0 Å². The number of unbranched alkanes of at least 4 members (excludes halogenated alkanes) is 2. The van der Waals surface area contributed by atoms with Crippen LogP contribution in [0.2, 0.25) is 0 Å². The van der Waals surface area contributed by atoms with Crippen LogP contribution in [0.15, 0.2) is 36.5 Å². The molecule has 6 nitrogen and oxygen atoms in total. The molecule has 0 radical (unpaired) electrons. The first-order valence-electron chi connectivity index (χ1n) is 7.30. The number of nitrogens with one attached hydrogen (secondary N) is 1. The molecule has 1 amide bonds. The Morgan fingerprint density at radius 1 is 1.23 bits per heavy atom. The Kier molecular flexibility index (Phi) is 5.30. The number of carboxylic acid groups (broad SMARTS) is 1. The van der Waals surface area contributed by atoms with Gasteiger partial charge < -0.3 is 10.4 Å². The van der Waals surface area contributed by atoms with Gasteiger partial charge in [0.1, 0.15) is 0 Å². The normalized spacial score (nSPS) is 10.4. The van der Waals surface area contributed by atoms with E-state index in [4.69, 9.17) is 5.11 Å². The molecule has 116 valence electrons. The van der Waals surface area contributed by atoms with Gasteiger partial charge in [-0.3, -0.25) is 4.79 Å². The number of aromatic carboxylic acids is 1. The number of amides is 1. The zero-order chi connectivity index (χ0) is 15.9. The van der Waals surface area contributed by atoms with Gasteiger partial charge in [0.05, 0.1) is 11.4 Å². The van der Waals surface area contributed by atoms with E-state index in [0.717, 1.165) is 19.3 Å². The van der Waals surface area contributed by atoms with E-state index in [-0.39, 0.29) is 11.6 Å². The zero-order valence-electron chi connectivity index (χ0n) is 12.5. The largest absolute Gasteiger partial charge is 0.476 e. The second-order valence-corrected chi connectivity index (χ2v) is 4.97. The Hall–Kier alpha value is -2.63. The summed E-state index contributed by atoms with van der Waals surface area (Å²) in [6.45, 7) is 2.09. The lowest BCUT2D eigenvalue weighted by molar-refractivity contribution is -0.116. The van der Waals surface area contributed by atoms with Crippen molar-refractivity contribution in [3.63, 3.8) is 0 Å². The quantitative estimate of drug-likeness (QED) is 0.770. The molecular weight excluding hydrogens is 282 g/mol. The van der Waals surface area contributed by atoms with E-state index in [0.29, 0.717) is 17.8 Å². The van der Waals surface area contributed by atoms with Crippen LogP contribution in [0.4, 0.5) is 5.69 Å². The molecule has 0 aliphatic carbocycles. The molecule has 0 aliphatic heterocycles. The third-order valence-corrected chi connectivity index (χ3v) is 3.24. The minimum atomic E-state index is -1.08. The van der Waals surface area contributed by atoms with Crippen molar-refractivity contribution in [3.05, 3.63) is 42.2 Å². The van der Waals surface area contributed by atoms with Crippen molar-refractivity contribution in [2.75, 3.05) is 5.32 Å². The van der Waals surface area contributed by atoms with Crippen LogP contribution in [0.25, 0.3) is 5.69 Å². The molecule has 2 aromatic rings. The Morgan fingerprint density at radius 2 is 2.00 bits per heavy atom. The van der Waals surface area contributed by atoms with Crippen LogP contribution < -0.4 is 5.32 Å². The first-order chi connectivity index (χ1) is 10.6. The number of aromatic nitrogens is 2. The van der Waals surface area contributed by atoms with Crippen molar-refractivity contribution >= 4 is 17.6 Å². The second kappa shape index (κ2) is 7.40. The van der Waals surface area contributed by atoms with Crippen LogP contribution in [0.5, 0.6) is 0 Å². The standard InChI is InChI=1S/C16H19N3O3/c1-2-3-4-9-15(20)17-12-7-5-6-8-14(12)19-11-10-13(18-19)16(21)22/h5-8,10-11H,2-4,9H2,1H3,(H,17,20)(H,21,22). The molecule has 2 N–H and O–H groups in total. The second-order valence-electron chi connectivity index (χ2n) is 4.97. The van der Waals surface area contributed by atoms with E-state index in [2.05, 4.69) is 17.3 Å². The molecule has 2 rings (SSSR count). The van der Waals surface area contributed by atoms with Gasteiger partial charge in [0, 0.05) is 12.6 Å². The molecule has 22 heavy (non-hydrogen) atoms. The fourth-order valence-electron chi connectivity index (χ4n) is 2.10. The molecule has 1 aromatic heterocycles. The SMILES string of the molecule is CCCCCC(=O)Nc1ccccc1-n1ccc(C(=O)O)n1. The fourth-order valence-corrected chi connectivity index (χ4v) is 2.10. The fraction of sp³-hybridized carbons (Fsp3) is 0.312. The summed E-state index contributed by atoms with van der Waals surface area (Å²) in [6.07, 6.45) is 4.98. The molecule has 1 aromatic carbocycles. The van der Waals surface area contributed by atoms with E-state index in [9.17, 15) is 9.59 Å². The van der Waals surface area contributed by atoms with Crippen molar-refractivity contribution in [1.29, 1.82) is 0 Å². The number of hydrogen-bond acceptors (Lipinski definition) is 3. The molecule has 0 saturated carbocycles. The third-order valence-electron chi connectivity index (χ3n) is 3.24. The van der Waals surface area contributed by atoms with Gasteiger partial charge in [0.2, 0.25) is 5.91 Å². The predicted octanol–water partition coefficient (Wildman–Crippen LogP) is 3.09. The molecule has 1 heterocycles. The lowest BCUT2D eigenvalue weighted by atomic mass is 10.2. The maximum atomic E-state index is 11.9. The van der Waals surface area contributed by atoms with Crippen LogP contribution in [-0.4, -0.2) is 26.8 Å². The average Bonchev–Trinajstić information content (AvgIpc) is 2.98. The van der Waals surface area contributed by atoms with E-state index >= 15 is 0 Å².